The fourth-order valence-corrected chi connectivity index (χ4v) is 0.995. The summed E-state index contributed by atoms with van der Waals surface area (Å²) in [6.07, 6.45) is 0. The predicted molar refractivity (Wildman–Crippen MR) is 44.7 cm³/mol. The molecule has 0 radical (unpaired) electrons. The largest absolute Gasteiger partial charge is 0.366 e. The van der Waals surface area contributed by atoms with Crippen molar-refractivity contribution in [2.24, 2.45) is 5.73 Å². The molecular formula is C8H7ClFNO. The van der Waals surface area contributed by atoms with Crippen molar-refractivity contribution in [1.82, 2.24) is 0 Å². The third-order valence-corrected chi connectivity index (χ3v) is 1.96. The normalized spacial score (nSPS) is 9.92. The summed E-state index contributed by atoms with van der Waals surface area (Å²) in [5, 5.41) is 0.212. The number of nitrogens with two attached hydrogens (primary N) is 1. The van der Waals surface area contributed by atoms with Gasteiger partial charge in [-0.05, 0) is 19.1 Å². The molecule has 0 aliphatic carbocycles. The smallest absolute Gasteiger partial charge is 0.248 e. The fourth-order valence-electron chi connectivity index (χ4n) is 0.788. The van der Waals surface area contributed by atoms with Gasteiger partial charge in [-0.3, -0.25) is 4.79 Å². The zero-order valence-electron chi connectivity index (χ0n) is 6.40. The maximum absolute atomic E-state index is 12.9. The first-order valence-corrected chi connectivity index (χ1v) is 3.65. The molecule has 64 valence electrons. The van der Waals surface area contributed by atoms with Crippen LogP contribution in [0.2, 0.25) is 5.02 Å². The lowest BCUT2D eigenvalue weighted by molar-refractivity contribution is 0.1000. The molecule has 4 heteroatoms. The summed E-state index contributed by atoms with van der Waals surface area (Å²) in [6, 6.07) is 2.42. The number of hydrogen-bond donors (Lipinski definition) is 1. The lowest BCUT2D eigenvalue weighted by atomic mass is 10.1. The Labute approximate surface area is 74.1 Å². The molecule has 0 unspecified atom stereocenters. The van der Waals surface area contributed by atoms with E-state index in [-0.39, 0.29) is 10.6 Å². The van der Waals surface area contributed by atoms with E-state index in [0.29, 0.717) is 5.56 Å². The third kappa shape index (κ3) is 1.56. The minimum atomic E-state index is -0.684. The highest BCUT2D eigenvalue weighted by atomic mass is 35.5. The molecule has 2 N–H and O–H groups in total. The standard InChI is InChI=1S/C8H7ClFNO/c1-4-6(9)2-5(8(11)12)3-7(4)10/h2-3H,1H3,(H2,11,12). The number of carbonyl (C=O) groups excluding carboxylic acids is 1. The van der Waals surface area contributed by atoms with Crippen molar-refractivity contribution < 1.29 is 9.18 Å². The van der Waals surface area contributed by atoms with E-state index in [4.69, 9.17) is 17.3 Å². The summed E-state index contributed by atoms with van der Waals surface area (Å²) in [7, 11) is 0. The van der Waals surface area contributed by atoms with Gasteiger partial charge in [0.1, 0.15) is 5.82 Å². The van der Waals surface area contributed by atoms with Crippen LogP contribution in [0, 0.1) is 12.7 Å². The van der Waals surface area contributed by atoms with E-state index in [9.17, 15) is 9.18 Å². The highest BCUT2D eigenvalue weighted by molar-refractivity contribution is 6.31. The lowest BCUT2D eigenvalue weighted by Crippen LogP contribution is -2.11. The summed E-state index contributed by atoms with van der Waals surface area (Å²) in [4.78, 5) is 10.6. The van der Waals surface area contributed by atoms with Crippen molar-refractivity contribution >= 4 is 17.5 Å². The van der Waals surface area contributed by atoms with E-state index in [1.54, 1.807) is 0 Å². The van der Waals surface area contributed by atoms with Gasteiger partial charge in [-0.25, -0.2) is 4.39 Å². The minimum Gasteiger partial charge on any atom is -0.366 e. The molecule has 0 atom stereocenters. The SMILES string of the molecule is Cc1c(F)cc(C(N)=O)cc1Cl. The summed E-state index contributed by atoms with van der Waals surface area (Å²) < 4.78 is 12.9. The summed E-state index contributed by atoms with van der Waals surface area (Å²) in [5.74, 6) is -1.20. The summed E-state index contributed by atoms with van der Waals surface area (Å²) in [5.41, 5.74) is 5.34. The lowest BCUT2D eigenvalue weighted by Gasteiger charge is -2.01. The zero-order valence-corrected chi connectivity index (χ0v) is 7.15. The van der Waals surface area contributed by atoms with E-state index in [1.807, 2.05) is 0 Å². The first-order valence-electron chi connectivity index (χ1n) is 3.28. The monoisotopic (exact) mass is 187 g/mol. The number of halogens is 2. The molecule has 0 saturated heterocycles. The molecule has 1 rings (SSSR count). The second kappa shape index (κ2) is 3.11. The van der Waals surface area contributed by atoms with E-state index in [2.05, 4.69) is 0 Å². The van der Waals surface area contributed by atoms with Crippen LogP contribution in [0.1, 0.15) is 15.9 Å². The number of primary amides is 1. The first-order chi connectivity index (χ1) is 5.52. The number of benzene rings is 1. The molecule has 0 aliphatic rings. The summed E-state index contributed by atoms with van der Waals surface area (Å²) in [6.45, 7) is 1.53. The Morgan fingerprint density at radius 2 is 2.17 bits per heavy atom. The molecule has 1 aromatic rings. The van der Waals surface area contributed by atoms with E-state index < -0.39 is 11.7 Å². The van der Waals surface area contributed by atoms with Gasteiger partial charge in [0.15, 0.2) is 0 Å². The van der Waals surface area contributed by atoms with Crippen LogP contribution in [0.25, 0.3) is 0 Å². The Morgan fingerprint density at radius 3 is 2.58 bits per heavy atom. The van der Waals surface area contributed by atoms with Gasteiger partial charge < -0.3 is 5.73 Å². The van der Waals surface area contributed by atoms with E-state index in [1.165, 1.54) is 13.0 Å². The van der Waals surface area contributed by atoms with Crippen molar-refractivity contribution in [3.63, 3.8) is 0 Å². The van der Waals surface area contributed by atoms with Gasteiger partial charge in [0.25, 0.3) is 0 Å². The molecular weight excluding hydrogens is 181 g/mol. The van der Waals surface area contributed by atoms with Crippen LogP contribution in [0.5, 0.6) is 0 Å². The Balaban J connectivity index is 3.31. The van der Waals surface area contributed by atoms with Crippen LogP contribution in [0.3, 0.4) is 0 Å². The zero-order chi connectivity index (χ0) is 9.30. The average molecular weight is 188 g/mol. The van der Waals surface area contributed by atoms with E-state index >= 15 is 0 Å². The van der Waals surface area contributed by atoms with Crippen LogP contribution >= 0.6 is 11.6 Å². The first kappa shape index (κ1) is 9.00. The Kier molecular flexibility index (Phi) is 2.33. The minimum absolute atomic E-state index is 0.0862. The van der Waals surface area contributed by atoms with Gasteiger partial charge in [-0.2, -0.15) is 0 Å². The molecule has 1 aromatic carbocycles. The fraction of sp³-hybridized carbons (Fsp3) is 0.125. The van der Waals surface area contributed by atoms with Crippen molar-refractivity contribution in [3.05, 3.63) is 34.1 Å². The predicted octanol–water partition coefficient (Wildman–Crippen LogP) is 1.89. The van der Waals surface area contributed by atoms with Gasteiger partial charge in [-0.15, -0.1) is 0 Å². The van der Waals surface area contributed by atoms with Gasteiger partial charge in [0, 0.05) is 16.1 Å². The number of hydrogen-bond acceptors (Lipinski definition) is 1. The Hall–Kier alpha value is -1.09. The van der Waals surface area contributed by atoms with Crippen LogP contribution in [-0.4, -0.2) is 5.91 Å². The maximum Gasteiger partial charge on any atom is 0.248 e. The maximum atomic E-state index is 12.9. The topological polar surface area (TPSA) is 43.1 Å². The molecule has 1 amide bonds. The van der Waals surface area contributed by atoms with Gasteiger partial charge >= 0.3 is 0 Å². The molecule has 0 fully saturated rings. The highest BCUT2D eigenvalue weighted by Crippen LogP contribution is 2.19. The van der Waals surface area contributed by atoms with Crippen molar-refractivity contribution in [3.8, 4) is 0 Å². The second-order valence-corrected chi connectivity index (χ2v) is 2.84. The number of amides is 1. The van der Waals surface area contributed by atoms with Crippen molar-refractivity contribution in [2.45, 2.75) is 6.92 Å². The van der Waals surface area contributed by atoms with Gasteiger partial charge in [0.05, 0.1) is 0 Å². The van der Waals surface area contributed by atoms with Crippen LogP contribution in [0.15, 0.2) is 12.1 Å². The van der Waals surface area contributed by atoms with Crippen molar-refractivity contribution in [1.29, 1.82) is 0 Å². The third-order valence-electron chi connectivity index (χ3n) is 1.57. The molecule has 12 heavy (non-hydrogen) atoms. The van der Waals surface area contributed by atoms with Crippen LogP contribution < -0.4 is 5.73 Å². The Morgan fingerprint density at radius 1 is 1.58 bits per heavy atom. The van der Waals surface area contributed by atoms with Gasteiger partial charge in [0.2, 0.25) is 5.91 Å². The molecule has 0 heterocycles. The highest BCUT2D eigenvalue weighted by Gasteiger charge is 2.08. The van der Waals surface area contributed by atoms with Crippen molar-refractivity contribution in [2.75, 3.05) is 0 Å². The molecule has 0 aliphatic heterocycles. The summed E-state index contributed by atoms with van der Waals surface area (Å²) >= 11 is 5.62. The number of rotatable bonds is 1. The Bertz CT molecular complexity index is 315. The molecule has 0 bridgehead atoms. The molecule has 0 spiro atoms. The quantitative estimate of drug-likeness (QED) is 0.717. The second-order valence-electron chi connectivity index (χ2n) is 2.43. The molecule has 2 nitrogen and oxygen atoms in total. The van der Waals surface area contributed by atoms with E-state index in [0.717, 1.165) is 6.07 Å². The molecule has 0 aromatic heterocycles. The van der Waals surface area contributed by atoms with Crippen LogP contribution in [0.4, 0.5) is 4.39 Å². The number of carbonyl (C=O) groups is 1. The van der Waals surface area contributed by atoms with Crippen LogP contribution in [-0.2, 0) is 0 Å². The molecule has 0 saturated carbocycles. The average Bonchev–Trinajstić information content (AvgIpc) is 1.99. The van der Waals surface area contributed by atoms with Gasteiger partial charge in [-0.1, -0.05) is 11.6 Å².